The first-order valence-corrected chi connectivity index (χ1v) is 15.6. The van der Waals surface area contributed by atoms with Gasteiger partial charge in [0.15, 0.2) is 11.6 Å². The van der Waals surface area contributed by atoms with Crippen molar-refractivity contribution in [3.8, 4) is 16.9 Å². The van der Waals surface area contributed by atoms with E-state index in [-0.39, 0.29) is 0 Å². The molecule has 4 fully saturated rings. The lowest BCUT2D eigenvalue weighted by Crippen LogP contribution is -2.52. The Morgan fingerprint density at radius 2 is 1.71 bits per heavy atom. The Balaban J connectivity index is 1.16. The van der Waals surface area contributed by atoms with Gasteiger partial charge in [-0.3, -0.25) is 4.90 Å². The molecule has 0 bridgehead atoms. The Labute approximate surface area is 248 Å². The van der Waals surface area contributed by atoms with Crippen LogP contribution in [0.2, 0.25) is 0 Å². The molecule has 0 radical (unpaired) electrons. The minimum Gasteiger partial charge on any atom is -0.494 e. The number of fused-ring (bicyclic) bond motifs is 1. The van der Waals surface area contributed by atoms with Gasteiger partial charge in [-0.05, 0) is 57.7 Å². The van der Waals surface area contributed by atoms with Crippen molar-refractivity contribution in [3.63, 3.8) is 0 Å². The van der Waals surface area contributed by atoms with Gasteiger partial charge in [0.25, 0.3) is 0 Å². The second-order valence-electron chi connectivity index (χ2n) is 12.3. The Morgan fingerprint density at radius 3 is 2.43 bits per heavy atom. The van der Waals surface area contributed by atoms with E-state index in [1.54, 1.807) is 13.3 Å². The number of ether oxygens (including phenoxy) is 2. The quantitative estimate of drug-likeness (QED) is 0.438. The molecule has 0 amide bonds. The standard InChI is InChI=1S/C32H42N8O2/c1-38-13-15-39(16-14-38)24-7-11-40(12-8-24)26-6-5-22(19-27(26)41-2)25-20-34-31(33)30-29(25)37-32(28(36-30)21-3-4-21)35-23-9-17-42-18-10-23/h19-21,23-24H,3-4,7-18H2,1-2H3,(H2,33,34)(H,35,37). The second-order valence-corrected chi connectivity index (χ2v) is 12.3. The van der Waals surface area contributed by atoms with Gasteiger partial charge in [-0.25, -0.2) is 15.0 Å². The van der Waals surface area contributed by atoms with Gasteiger partial charge in [0.05, 0.1) is 12.8 Å². The number of nitrogen functional groups attached to an aromatic ring is 1. The molecule has 5 heterocycles. The van der Waals surface area contributed by atoms with Crippen molar-refractivity contribution in [1.29, 1.82) is 0 Å². The minimum absolute atomic E-state index is 0.324. The molecule has 1 saturated carbocycles. The van der Waals surface area contributed by atoms with Crippen LogP contribution in [0.5, 0.6) is 5.75 Å². The zero-order chi connectivity index (χ0) is 28.6. The number of nitrogens with two attached hydrogens (primary N) is 1. The van der Waals surface area contributed by atoms with Crippen LogP contribution < -0.4 is 20.7 Å². The van der Waals surface area contributed by atoms with Gasteiger partial charge in [0, 0.05) is 87.8 Å². The minimum atomic E-state index is 0.324. The highest BCUT2D eigenvalue weighted by Crippen LogP contribution is 2.44. The summed E-state index contributed by atoms with van der Waals surface area (Å²) in [5, 5.41) is 3.70. The molecular formula is C32H42N8O2. The third-order valence-corrected chi connectivity index (χ3v) is 9.45. The van der Waals surface area contributed by atoms with Crippen LogP contribution in [0.25, 0.3) is 22.2 Å². The summed E-state index contributed by atoms with van der Waals surface area (Å²) in [4.78, 5) is 22.2. The molecule has 3 N–H and O–H groups in total. The third-order valence-electron chi connectivity index (χ3n) is 9.45. The summed E-state index contributed by atoms with van der Waals surface area (Å²) in [5.74, 6) is 2.47. The fourth-order valence-electron chi connectivity index (χ4n) is 6.65. The van der Waals surface area contributed by atoms with E-state index in [1.807, 2.05) is 6.07 Å². The van der Waals surface area contributed by atoms with Gasteiger partial charge in [-0.2, -0.15) is 0 Å². The molecule has 2 aromatic heterocycles. The topological polar surface area (TPSA) is 105 Å². The van der Waals surface area contributed by atoms with Crippen LogP contribution >= 0.6 is 0 Å². The maximum absolute atomic E-state index is 6.37. The molecule has 0 atom stereocenters. The van der Waals surface area contributed by atoms with Crippen molar-refractivity contribution in [3.05, 3.63) is 30.1 Å². The fourth-order valence-corrected chi connectivity index (χ4v) is 6.65. The zero-order valence-electron chi connectivity index (χ0n) is 24.9. The number of aromatic nitrogens is 3. The van der Waals surface area contributed by atoms with Crippen LogP contribution in [0.15, 0.2) is 12.3 Å². The highest BCUT2D eigenvalue weighted by atomic mass is 16.5. The lowest BCUT2D eigenvalue weighted by molar-refractivity contribution is 0.0903. The molecule has 10 nitrogen and oxygen atoms in total. The van der Waals surface area contributed by atoms with Crippen molar-refractivity contribution in [2.75, 3.05) is 82.6 Å². The molecule has 3 saturated heterocycles. The highest BCUT2D eigenvalue weighted by molar-refractivity contribution is 5.97. The number of rotatable bonds is 7. The first-order chi connectivity index (χ1) is 20.6. The smallest absolute Gasteiger partial charge is 0.152 e. The number of hydrogen-bond acceptors (Lipinski definition) is 10. The fraction of sp³-hybridized carbons (Fsp3) is 0.594. The Morgan fingerprint density at radius 1 is 0.952 bits per heavy atom. The Hall–Kier alpha value is -3.39. The number of anilines is 3. The maximum Gasteiger partial charge on any atom is 0.152 e. The first-order valence-electron chi connectivity index (χ1n) is 15.6. The van der Waals surface area contributed by atoms with E-state index < -0.39 is 0 Å². The van der Waals surface area contributed by atoms with Gasteiger partial charge >= 0.3 is 0 Å². The molecule has 0 unspecified atom stereocenters. The lowest BCUT2D eigenvalue weighted by atomic mass is 10.0. The summed E-state index contributed by atoms with van der Waals surface area (Å²) in [7, 11) is 3.94. The van der Waals surface area contributed by atoms with Crippen LogP contribution in [0, 0.1) is 12.1 Å². The van der Waals surface area contributed by atoms with Crippen molar-refractivity contribution in [1.82, 2.24) is 24.8 Å². The van der Waals surface area contributed by atoms with Crippen LogP contribution in [0.3, 0.4) is 0 Å². The Bertz CT molecular complexity index is 1410. The van der Waals surface area contributed by atoms with E-state index in [9.17, 15) is 0 Å². The molecule has 10 heteroatoms. The van der Waals surface area contributed by atoms with Crippen molar-refractivity contribution >= 4 is 28.4 Å². The van der Waals surface area contributed by atoms with Crippen LogP contribution in [-0.2, 0) is 4.74 Å². The predicted octanol–water partition coefficient (Wildman–Crippen LogP) is 3.57. The normalized spacial score (nSPS) is 21.4. The number of piperazine rings is 1. The summed E-state index contributed by atoms with van der Waals surface area (Å²) in [6.07, 6.45) is 8.26. The van der Waals surface area contributed by atoms with Crippen LogP contribution in [0.4, 0.5) is 17.3 Å². The molecule has 42 heavy (non-hydrogen) atoms. The number of methoxy groups -OCH3 is 1. The number of likely N-dealkylation sites (N-methyl/N-ethyl adjacent to an activating group) is 1. The average molecular weight is 571 g/mol. The van der Waals surface area contributed by atoms with E-state index in [2.05, 4.69) is 44.2 Å². The molecule has 3 aliphatic heterocycles. The zero-order valence-corrected chi connectivity index (χ0v) is 24.9. The SMILES string of the molecule is COc1cc(-c2cnc(N)c3nc(C4CC4)c(NC4CCOCC4)nc23)c#cc1N1CCC(N2CCN(C)CC2)CC1. The van der Waals surface area contributed by atoms with Gasteiger partial charge in [0.1, 0.15) is 22.5 Å². The number of hydrogen-bond donors (Lipinski definition) is 2. The van der Waals surface area contributed by atoms with E-state index in [4.69, 9.17) is 25.2 Å². The molecule has 0 spiro atoms. The molecule has 1 aliphatic carbocycles. The summed E-state index contributed by atoms with van der Waals surface area (Å²) in [6.45, 7) is 8.16. The number of piperidine rings is 1. The Kier molecular flexibility index (Phi) is 7.65. The van der Waals surface area contributed by atoms with Gasteiger partial charge in [-0.1, -0.05) is 6.07 Å². The number of nitrogens with one attached hydrogen (secondary N) is 1. The monoisotopic (exact) mass is 570 g/mol. The van der Waals surface area contributed by atoms with E-state index >= 15 is 0 Å². The molecule has 4 aliphatic rings. The summed E-state index contributed by atoms with van der Waals surface area (Å²) < 4.78 is 11.5. The van der Waals surface area contributed by atoms with Crippen molar-refractivity contribution in [2.45, 2.75) is 56.5 Å². The molecule has 3 aromatic rings. The van der Waals surface area contributed by atoms with E-state index in [1.165, 1.54) is 13.1 Å². The number of nitrogens with zero attached hydrogens (tertiary/aromatic N) is 6. The lowest BCUT2D eigenvalue weighted by Gasteiger charge is -2.42. The van der Waals surface area contributed by atoms with E-state index in [0.29, 0.717) is 29.3 Å². The summed E-state index contributed by atoms with van der Waals surface area (Å²) >= 11 is 0. The summed E-state index contributed by atoms with van der Waals surface area (Å²) in [6, 6.07) is 9.87. The number of pyridine rings is 1. The average Bonchev–Trinajstić information content (AvgIpc) is 3.88. The predicted molar refractivity (Wildman–Crippen MR) is 165 cm³/mol. The van der Waals surface area contributed by atoms with Crippen molar-refractivity contribution < 1.29 is 9.47 Å². The van der Waals surface area contributed by atoms with Gasteiger partial charge < -0.3 is 30.3 Å². The molecular weight excluding hydrogens is 528 g/mol. The molecule has 7 rings (SSSR count). The molecule has 1 aromatic carbocycles. The summed E-state index contributed by atoms with van der Waals surface area (Å²) in [5.41, 5.74) is 11.4. The van der Waals surface area contributed by atoms with Crippen LogP contribution in [0.1, 0.15) is 50.1 Å². The third kappa shape index (κ3) is 5.53. The first kappa shape index (κ1) is 27.4. The van der Waals surface area contributed by atoms with Gasteiger partial charge in [-0.15, -0.1) is 0 Å². The van der Waals surface area contributed by atoms with Crippen molar-refractivity contribution in [2.24, 2.45) is 0 Å². The van der Waals surface area contributed by atoms with Gasteiger partial charge in [0.2, 0.25) is 0 Å². The highest BCUT2D eigenvalue weighted by Gasteiger charge is 2.31. The second kappa shape index (κ2) is 11.7. The van der Waals surface area contributed by atoms with E-state index in [0.717, 1.165) is 118 Å². The van der Waals surface area contributed by atoms with Crippen LogP contribution in [-0.4, -0.2) is 103 Å². The largest absolute Gasteiger partial charge is 0.494 e. The molecule has 222 valence electrons. The maximum atomic E-state index is 6.37.